The molecule has 1 aromatic heterocycles. The van der Waals surface area contributed by atoms with Gasteiger partial charge in [0.05, 0.1) is 11.8 Å². The Kier molecular flexibility index (Phi) is 6.35. The van der Waals surface area contributed by atoms with Crippen molar-refractivity contribution in [2.75, 3.05) is 13.1 Å². The fourth-order valence-electron chi connectivity index (χ4n) is 4.44. The molecule has 1 aliphatic heterocycles. The fourth-order valence-corrected chi connectivity index (χ4v) is 4.44. The number of hydrogen-bond acceptors (Lipinski definition) is 3. The first-order chi connectivity index (χ1) is 15.4. The molecule has 5 nitrogen and oxygen atoms in total. The van der Waals surface area contributed by atoms with E-state index in [-0.39, 0.29) is 11.8 Å². The molecular formula is C27H29N3O2. The number of amides is 2. The Hall–Kier alpha value is -3.47. The van der Waals surface area contributed by atoms with Gasteiger partial charge in [-0.2, -0.15) is 0 Å². The topological polar surface area (TPSA) is 76.3 Å². The zero-order chi connectivity index (χ0) is 22.6. The van der Waals surface area contributed by atoms with Crippen LogP contribution in [0.2, 0.25) is 0 Å². The van der Waals surface area contributed by atoms with E-state index >= 15 is 0 Å². The van der Waals surface area contributed by atoms with Crippen molar-refractivity contribution in [3.63, 3.8) is 0 Å². The lowest BCUT2D eigenvalue weighted by atomic mass is 9.73. The minimum absolute atomic E-state index is 0.105. The highest BCUT2D eigenvalue weighted by Crippen LogP contribution is 2.35. The van der Waals surface area contributed by atoms with E-state index in [1.54, 1.807) is 12.4 Å². The van der Waals surface area contributed by atoms with Gasteiger partial charge < -0.3 is 10.6 Å². The van der Waals surface area contributed by atoms with E-state index in [0.717, 1.165) is 22.3 Å². The molecule has 2 heterocycles. The first-order valence-electron chi connectivity index (χ1n) is 11.1. The number of piperidine rings is 1. The molecule has 1 aliphatic rings. The molecule has 2 N–H and O–H groups in total. The number of benzene rings is 2. The van der Waals surface area contributed by atoms with E-state index in [9.17, 15) is 9.59 Å². The zero-order valence-electron chi connectivity index (χ0n) is 18.5. The Labute approximate surface area is 189 Å². The molecule has 1 fully saturated rings. The van der Waals surface area contributed by atoms with Crippen LogP contribution in [0.4, 0.5) is 0 Å². The van der Waals surface area contributed by atoms with Crippen LogP contribution in [-0.4, -0.2) is 34.8 Å². The molecule has 3 aromatic rings. The number of aromatic nitrogens is 1. The Morgan fingerprint density at radius 3 is 2.03 bits per heavy atom. The predicted octanol–water partition coefficient (Wildman–Crippen LogP) is 3.94. The van der Waals surface area contributed by atoms with Gasteiger partial charge in [-0.1, -0.05) is 54.1 Å². The van der Waals surface area contributed by atoms with Crippen LogP contribution >= 0.6 is 0 Å². The molecule has 0 unspecified atom stereocenters. The second-order valence-electron chi connectivity index (χ2n) is 8.80. The number of rotatable bonds is 6. The first-order valence-corrected chi connectivity index (χ1v) is 11.1. The van der Waals surface area contributed by atoms with E-state index in [1.807, 2.05) is 48.2 Å². The summed E-state index contributed by atoms with van der Waals surface area (Å²) in [6.07, 6.45) is 5.72. The summed E-state index contributed by atoms with van der Waals surface area (Å²) in [5.41, 5.74) is 10.8. The molecule has 0 bridgehead atoms. The average Bonchev–Trinajstić information content (AvgIpc) is 2.82. The summed E-state index contributed by atoms with van der Waals surface area (Å²) in [6, 6.07) is 20.3. The highest BCUT2D eigenvalue weighted by atomic mass is 16.2. The van der Waals surface area contributed by atoms with E-state index in [0.29, 0.717) is 38.8 Å². The van der Waals surface area contributed by atoms with Gasteiger partial charge in [-0.05, 0) is 60.6 Å². The second kappa shape index (κ2) is 9.35. The van der Waals surface area contributed by atoms with Crippen molar-refractivity contribution in [1.29, 1.82) is 0 Å². The monoisotopic (exact) mass is 427 g/mol. The summed E-state index contributed by atoms with van der Waals surface area (Å²) >= 11 is 0. The van der Waals surface area contributed by atoms with Gasteiger partial charge in [0, 0.05) is 25.5 Å². The molecule has 164 valence electrons. The maximum absolute atomic E-state index is 12.8. The summed E-state index contributed by atoms with van der Waals surface area (Å²) in [7, 11) is 0. The number of carbonyl (C=O) groups excluding carboxylic acids is 2. The largest absolute Gasteiger partial charge is 0.369 e. The Bertz CT molecular complexity index is 1070. The molecule has 2 aromatic carbocycles. The average molecular weight is 428 g/mol. The van der Waals surface area contributed by atoms with E-state index in [1.165, 1.54) is 5.56 Å². The minimum Gasteiger partial charge on any atom is -0.369 e. The van der Waals surface area contributed by atoms with Gasteiger partial charge in [0.15, 0.2) is 0 Å². The lowest BCUT2D eigenvalue weighted by Crippen LogP contribution is -2.50. The van der Waals surface area contributed by atoms with Crippen molar-refractivity contribution in [1.82, 2.24) is 9.88 Å². The minimum atomic E-state index is -0.612. The third-order valence-electron chi connectivity index (χ3n) is 6.58. The number of pyridine rings is 1. The lowest BCUT2D eigenvalue weighted by Gasteiger charge is -2.40. The SMILES string of the molecule is Cc1ccc(CC(=O)N2CCC(Cc3ccc(-c4ccncc4)cc3)(C(N)=O)CC2)cc1. The van der Waals surface area contributed by atoms with E-state index in [4.69, 9.17) is 5.73 Å². The zero-order valence-corrected chi connectivity index (χ0v) is 18.5. The Morgan fingerprint density at radius 2 is 1.44 bits per heavy atom. The first kappa shape index (κ1) is 21.8. The molecule has 2 amide bonds. The van der Waals surface area contributed by atoms with Crippen molar-refractivity contribution in [2.24, 2.45) is 11.1 Å². The molecule has 4 rings (SSSR count). The number of primary amides is 1. The highest BCUT2D eigenvalue weighted by Gasteiger charge is 2.40. The van der Waals surface area contributed by atoms with Crippen LogP contribution in [0.25, 0.3) is 11.1 Å². The summed E-state index contributed by atoms with van der Waals surface area (Å²) in [4.78, 5) is 31.2. The van der Waals surface area contributed by atoms with Gasteiger partial charge in [-0.3, -0.25) is 14.6 Å². The van der Waals surface area contributed by atoms with Crippen LogP contribution < -0.4 is 5.73 Å². The summed E-state index contributed by atoms with van der Waals surface area (Å²) in [5, 5.41) is 0. The van der Waals surface area contributed by atoms with Crippen LogP contribution in [0.5, 0.6) is 0 Å². The van der Waals surface area contributed by atoms with E-state index < -0.39 is 5.41 Å². The van der Waals surface area contributed by atoms with Crippen LogP contribution in [0.3, 0.4) is 0 Å². The number of nitrogens with zero attached hydrogens (tertiary/aromatic N) is 2. The molecular weight excluding hydrogens is 398 g/mol. The standard InChI is InChI=1S/C27H29N3O2/c1-20-2-4-21(5-3-20)18-25(31)30-16-12-27(13-17-30,26(28)32)19-22-6-8-23(9-7-22)24-10-14-29-15-11-24/h2-11,14-15H,12-13,16-19H2,1H3,(H2,28,32). The van der Waals surface area contributed by atoms with Crippen molar-refractivity contribution in [2.45, 2.75) is 32.6 Å². The molecule has 32 heavy (non-hydrogen) atoms. The summed E-state index contributed by atoms with van der Waals surface area (Å²) < 4.78 is 0. The Balaban J connectivity index is 1.40. The van der Waals surface area contributed by atoms with Gasteiger partial charge in [0.25, 0.3) is 0 Å². The molecule has 1 saturated heterocycles. The second-order valence-corrected chi connectivity index (χ2v) is 8.80. The molecule has 5 heteroatoms. The van der Waals surface area contributed by atoms with Gasteiger partial charge in [0.1, 0.15) is 0 Å². The number of likely N-dealkylation sites (tertiary alicyclic amines) is 1. The fraction of sp³-hybridized carbons (Fsp3) is 0.296. The predicted molar refractivity (Wildman–Crippen MR) is 126 cm³/mol. The van der Waals surface area contributed by atoms with Crippen molar-refractivity contribution >= 4 is 11.8 Å². The van der Waals surface area contributed by atoms with Crippen LogP contribution in [0.1, 0.15) is 29.5 Å². The molecule has 0 saturated carbocycles. The highest BCUT2D eigenvalue weighted by molar-refractivity contribution is 5.83. The Morgan fingerprint density at radius 1 is 0.875 bits per heavy atom. The quantitative estimate of drug-likeness (QED) is 0.647. The van der Waals surface area contributed by atoms with Gasteiger partial charge in [0.2, 0.25) is 11.8 Å². The number of nitrogens with two attached hydrogens (primary N) is 1. The van der Waals surface area contributed by atoms with Crippen molar-refractivity contribution in [3.05, 3.63) is 89.7 Å². The van der Waals surface area contributed by atoms with Crippen LogP contribution in [0, 0.1) is 12.3 Å². The van der Waals surface area contributed by atoms with Crippen LogP contribution in [0.15, 0.2) is 73.1 Å². The normalized spacial score (nSPS) is 15.3. The summed E-state index contributed by atoms with van der Waals surface area (Å²) in [5.74, 6) is -0.171. The molecule has 0 aliphatic carbocycles. The maximum atomic E-state index is 12.8. The summed E-state index contributed by atoms with van der Waals surface area (Å²) in [6.45, 7) is 3.15. The number of hydrogen-bond donors (Lipinski definition) is 1. The smallest absolute Gasteiger partial charge is 0.226 e. The van der Waals surface area contributed by atoms with Crippen molar-refractivity contribution in [3.8, 4) is 11.1 Å². The van der Waals surface area contributed by atoms with Crippen molar-refractivity contribution < 1.29 is 9.59 Å². The number of aryl methyl sites for hydroxylation is 1. The molecule has 0 spiro atoms. The van der Waals surface area contributed by atoms with Gasteiger partial charge in [-0.25, -0.2) is 0 Å². The van der Waals surface area contributed by atoms with E-state index in [2.05, 4.69) is 29.2 Å². The maximum Gasteiger partial charge on any atom is 0.226 e. The van der Waals surface area contributed by atoms with Gasteiger partial charge in [-0.15, -0.1) is 0 Å². The number of carbonyl (C=O) groups is 2. The lowest BCUT2D eigenvalue weighted by molar-refractivity contribution is -0.138. The van der Waals surface area contributed by atoms with Gasteiger partial charge >= 0.3 is 0 Å². The molecule has 0 radical (unpaired) electrons. The third kappa shape index (κ3) is 4.88. The third-order valence-corrected chi connectivity index (χ3v) is 6.58. The van der Waals surface area contributed by atoms with Crippen LogP contribution in [-0.2, 0) is 22.4 Å². The molecule has 0 atom stereocenters.